The van der Waals surface area contributed by atoms with Crippen molar-refractivity contribution in [1.29, 1.82) is 0 Å². The molecule has 0 aliphatic carbocycles. The lowest BCUT2D eigenvalue weighted by atomic mass is 10.1. The van der Waals surface area contributed by atoms with Crippen LogP contribution in [0.4, 0.5) is 11.4 Å². The van der Waals surface area contributed by atoms with Crippen LogP contribution in [0.2, 0.25) is 0 Å². The van der Waals surface area contributed by atoms with E-state index in [1.165, 1.54) is 0 Å². The molecule has 5 nitrogen and oxygen atoms in total. The first kappa shape index (κ1) is 21.4. The maximum atomic E-state index is 12.7. The molecule has 2 amide bonds. The second kappa shape index (κ2) is 9.51. The minimum atomic E-state index is -0.116. The Morgan fingerprint density at radius 1 is 0.839 bits per heavy atom. The Kier molecular flexibility index (Phi) is 6.56. The molecule has 1 aliphatic rings. The Bertz CT molecular complexity index is 1070. The van der Waals surface area contributed by atoms with Gasteiger partial charge in [0.1, 0.15) is 0 Å². The third kappa shape index (κ3) is 5.25. The summed E-state index contributed by atoms with van der Waals surface area (Å²) in [5, 5.41) is 2.95. The maximum absolute atomic E-state index is 12.7. The summed E-state index contributed by atoms with van der Waals surface area (Å²) in [5.41, 5.74) is 4.40. The van der Waals surface area contributed by atoms with E-state index in [1.807, 2.05) is 84.6 Å². The Hall–Kier alpha value is -2.87. The van der Waals surface area contributed by atoms with Crippen LogP contribution in [0.1, 0.15) is 26.3 Å². The molecule has 4 rings (SSSR count). The molecule has 6 heteroatoms. The van der Waals surface area contributed by atoms with Gasteiger partial charge in [-0.1, -0.05) is 23.8 Å². The third-order valence-electron chi connectivity index (χ3n) is 5.44. The molecule has 1 heterocycles. The molecular weight excluding hydrogens is 501 g/mol. The van der Waals surface area contributed by atoms with Crippen LogP contribution in [0.25, 0.3) is 0 Å². The number of hydrogen-bond acceptors (Lipinski definition) is 3. The van der Waals surface area contributed by atoms with Gasteiger partial charge in [0.05, 0.1) is 0 Å². The molecular formula is C25H24IN3O2. The first-order valence-corrected chi connectivity index (χ1v) is 11.4. The number of benzene rings is 3. The van der Waals surface area contributed by atoms with Crippen molar-refractivity contribution in [3.63, 3.8) is 0 Å². The molecule has 1 aliphatic heterocycles. The van der Waals surface area contributed by atoms with Gasteiger partial charge in [-0.3, -0.25) is 9.59 Å². The fourth-order valence-corrected chi connectivity index (χ4v) is 4.18. The Labute approximate surface area is 196 Å². The highest BCUT2D eigenvalue weighted by molar-refractivity contribution is 14.1. The zero-order chi connectivity index (χ0) is 21.8. The Morgan fingerprint density at radius 3 is 2.16 bits per heavy atom. The van der Waals surface area contributed by atoms with Gasteiger partial charge in [0.25, 0.3) is 11.8 Å². The van der Waals surface area contributed by atoms with Crippen molar-refractivity contribution in [3.8, 4) is 0 Å². The average molecular weight is 525 g/mol. The van der Waals surface area contributed by atoms with Gasteiger partial charge >= 0.3 is 0 Å². The molecule has 0 saturated carbocycles. The predicted molar refractivity (Wildman–Crippen MR) is 133 cm³/mol. The monoisotopic (exact) mass is 525 g/mol. The van der Waals surface area contributed by atoms with Crippen LogP contribution in [0.15, 0.2) is 72.8 Å². The second-order valence-electron chi connectivity index (χ2n) is 7.66. The summed E-state index contributed by atoms with van der Waals surface area (Å²) in [4.78, 5) is 29.3. The Balaban J connectivity index is 1.33. The zero-order valence-electron chi connectivity index (χ0n) is 17.3. The van der Waals surface area contributed by atoms with Gasteiger partial charge in [-0.2, -0.15) is 0 Å². The molecule has 1 saturated heterocycles. The van der Waals surface area contributed by atoms with Gasteiger partial charge in [-0.25, -0.2) is 0 Å². The third-order valence-corrected chi connectivity index (χ3v) is 6.11. The highest BCUT2D eigenvalue weighted by atomic mass is 127. The number of amides is 2. The van der Waals surface area contributed by atoms with E-state index in [0.29, 0.717) is 18.7 Å². The molecule has 0 bridgehead atoms. The van der Waals surface area contributed by atoms with Crippen LogP contribution < -0.4 is 10.2 Å². The van der Waals surface area contributed by atoms with Crippen molar-refractivity contribution in [3.05, 3.63) is 93.1 Å². The molecule has 3 aromatic rings. The predicted octanol–water partition coefficient (Wildman–Crippen LogP) is 4.81. The lowest BCUT2D eigenvalue weighted by molar-refractivity contribution is 0.0746. The van der Waals surface area contributed by atoms with E-state index in [0.717, 1.165) is 39.2 Å². The van der Waals surface area contributed by atoms with Gasteiger partial charge in [0.2, 0.25) is 0 Å². The standard InChI is InChI=1S/C25H24IN3O2/c1-18-5-7-19(8-6-18)25(31)29-15-13-28(14-16-29)23-11-9-22(10-12-23)27-24(30)20-3-2-4-21(26)17-20/h2-12,17H,13-16H2,1H3,(H,27,30). The number of aryl methyl sites for hydroxylation is 1. The molecule has 1 fully saturated rings. The van der Waals surface area contributed by atoms with E-state index in [-0.39, 0.29) is 11.8 Å². The van der Waals surface area contributed by atoms with Crippen LogP contribution in [0, 0.1) is 10.5 Å². The van der Waals surface area contributed by atoms with Gasteiger partial charge in [-0.05, 0) is 84.1 Å². The van der Waals surface area contributed by atoms with Crippen LogP contribution in [-0.4, -0.2) is 42.9 Å². The average Bonchev–Trinajstić information content (AvgIpc) is 2.80. The first-order valence-electron chi connectivity index (χ1n) is 10.3. The van der Waals surface area contributed by atoms with Crippen molar-refractivity contribution < 1.29 is 9.59 Å². The number of anilines is 2. The Morgan fingerprint density at radius 2 is 1.52 bits per heavy atom. The molecule has 0 atom stereocenters. The van der Waals surface area contributed by atoms with E-state index >= 15 is 0 Å². The highest BCUT2D eigenvalue weighted by Crippen LogP contribution is 2.21. The zero-order valence-corrected chi connectivity index (χ0v) is 19.5. The smallest absolute Gasteiger partial charge is 0.255 e. The summed E-state index contributed by atoms with van der Waals surface area (Å²) in [6, 6.07) is 23.1. The summed E-state index contributed by atoms with van der Waals surface area (Å²) >= 11 is 2.20. The highest BCUT2D eigenvalue weighted by Gasteiger charge is 2.22. The molecule has 3 aromatic carbocycles. The number of rotatable bonds is 4. The quantitative estimate of drug-likeness (QED) is 0.498. The number of halogens is 1. The van der Waals surface area contributed by atoms with Crippen molar-refractivity contribution in [2.75, 3.05) is 36.4 Å². The van der Waals surface area contributed by atoms with Crippen molar-refractivity contribution in [1.82, 2.24) is 4.90 Å². The van der Waals surface area contributed by atoms with Gasteiger partial charge in [0.15, 0.2) is 0 Å². The van der Waals surface area contributed by atoms with E-state index in [9.17, 15) is 9.59 Å². The second-order valence-corrected chi connectivity index (χ2v) is 8.90. The SMILES string of the molecule is Cc1ccc(C(=O)N2CCN(c3ccc(NC(=O)c4cccc(I)c4)cc3)CC2)cc1. The summed E-state index contributed by atoms with van der Waals surface area (Å²) in [6.07, 6.45) is 0. The summed E-state index contributed by atoms with van der Waals surface area (Å²) < 4.78 is 1.03. The number of nitrogens with one attached hydrogen (secondary N) is 1. The molecule has 0 radical (unpaired) electrons. The summed E-state index contributed by atoms with van der Waals surface area (Å²) in [7, 11) is 0. The fraction of sp³-hybridized carbons (Fsp3) is 0.200. The molecule has 0 aromatic heterocycles. The number of carbonyl (C=O) groups is 2. The first-order chi connectivity index (χ1) is 15.0. The fourth-order valence-electron chi connectivity index (χ4n) is 3.64. The lowest BCUT2D eigenvalue weighted by Crippen LogP contribution is -2.48. The van der Waals surface area contributed by atoms with Crippen LogP contribution in [0.3, 0.4) is 0 Å². The minimum Gasteiger partial charge on any atom is -0.368 e. The molecule has 31 heavy (non-hydrogen) atoms. The summed E-state index contributed by atoms with van der Waals surface area (Å²) in [5.74, 6) is -0.0252. The van der Waals surface area contributed by atoms with E-state index < -0.39 is 0 Å². The number of hydrogen-bond donors (Lipinski definition) is 1. The van der Waals surface area contributed by atoms with Crippen LogP contribution in [-0.2, 0) is 0 Å². The van der Waals surface area contributed by atoms with Crippen LogP contribution in [0.5, 0.6) is 0 Å². The lowest BCUT2D eigenvalue weighted by Gasteiger charge is -2.36. The molecule has 158 valence electrons. The normalized spacial score (nSPS) is 13.7. The van der Waals surface area contributed by atoms with Crippen molar-refractivity contribution in [2.24, 2.45) is 0 Å². The summed E-state index contributed by atoms with van der Waals surface area (Å²) in [6.45, 7) is 4.97. The van der Waals surface area contributed by atoms with E-state index in [1.54, 1.807) is 0 Å². The van der Waals surface area contributed by atoms with Gasteiger partial charge in [0, 0.05) is 52.3 Å². The number of piperazine rings is 1. The maximum Gasteiger partial charge on any atom is 0.255 e. The molecule has 0 spiro atoms. The minimum absolute atomic E-state index is 0.0910. The van der Waals surface area contributed by atoms with Crippen LogP contribution >= 0.6 is 22.6 Å². The number of nitrogens with zero attached hydrogens (tertiary/aromatic N) is 2. The molecule has 0 unspecified atom stereocenters. The van der Waals surface area contributed by atoms with Gasteiger partial charge < -0.3 is 15.1 Å². The van der Waals surface area contributed by atoms with Crippen molar-refractivity contribution >= 4 is 45.8 Å². The number of carbonyl (C=O) groups excluding carboxylic acids is 2. The topological polar surface area (TPSA) is 52.7 Å². The molecule has 1 N–H and O–H groups in total. The van der Waals surface area contributed by atoms with Gasteiger partial charge in [-0.15, -0.1) is 0 Å². The van der Waals surface area contributed by atoms with Crippen molar-refractivity contribution in [2.45, 2.75) is 6.92 Å². The largest absolute Gasteiger partial charge is 0.368 e. The van der Waals surface area contributed by atoms with E-state index in [2.05, 4.69) is 32.8 Å². The van der Waals surface area contributed by atoms with E-state index in [4.69, 9.17) is 0 Å².